The quantitative estimate of drug-likeness (QED) is 0.837. The third-order valence-corrected chi connectivity index (χ3v) is 4.78. The molecule has 0 aliphatic carbocycles. The maximum Gasteiger partial charge on any atom is 0.274 e. The number of aryl methyl sites for hydroxylation is 1. The summed E-state index contributed by atoms with van der Waals surface area (Å²) in [5.74, 6) is 1.37. The van der Waals surface area contributed by atoms with Gasteiger partial charge in [-0.05, 0) is 38.5 Å². The summed E-state index contributed by atoms with van der Waals surface area (Å²) in [6.45, 7) is 3.39. The van der Waals surface area contributed by atoms with E-state index in [4.69, 9.17) is 0 Å². The standard InChI is InChI=1S/C19H26N6O/c1-14-10-22-17(12-20-14)19(26)25-7-4-5-15(6-8-25)9-16-11-23-18(13-21-16)24(2)3/h10-13,15H,4-9H2,1-3H3/t15-/m0/s1. The van der Waals surface area contributed by atoms with Crippen molar-refractivity contribution in [3.63, 3.8) is 0 Å². The van der Waals surface area contributed by atoms with E-state index in [1.54, 1.807) is 12.4 Å². The highest BCUT2D eigenvalue weighted by atomic mass is 16.2. The number of amides is 1. The van der Waals surface area contributed by atoms with Gasteiger partial charge < -0.3 is 9.80 Å². The number of anilines is 1. The monoisotopic (exact) mass is 354 g/mol. The van der Waals surface area contributed by atoms with Gasteiger partial charge in [0.2, 0.25) is 0 Å². The fraction of sp³-hybridized carbons (Fsp3) is 0.526. The Morgan fingerprint density at radius 2 is 1.92 bits per heavy atom. The lowest BCUT2D eigenvalue weighted by molar-refractivity contribution is 0.0753. The van der Waals surface area contributed by atoms with Crippen molar-refractivity contribution >= 4 is 11.7 Å². The van der Waals surface area contributed by atoms with E-state index in [0.717, 1.165) is 56.0 Å². The summed E-state index contributed by atoms with van der Waals surface area (Å²) in [5, 5.41) is 0. The third-order valence-electron chi connectivity index (χ3n) is 4.78. The summed E-state index contributed by atoms with van der Waals surface area (Å²) < 4.78 is 0. The Balaban J connectivity index is 1.57. The van der Waals surface area contributed by atoms with Crippen LogP contribution >= 0.6 is 0 Å². The lowest BCUT2D eigenvalue weighted by Gasteiger charge is -2.20. The fourth-order valence-electron chi connectivity index (χ4n) is 3.22. The summed E-state index contributed by atoms with van der Waals surface area (Å²) >= 11 is 0. The lowest BCUT2D eigenvalue weighted by Crippen LogP contribution is -2.32. The van der Waals surface area contributed by atoms with Gasteiger partial charge in [0.05, 0.1) is 30.0 Å². The van der Waals surface area contributed by atoms with Gasteiger partial charge in [-0.15, -0.1) is 0 Å². The second-order valence-electron chi connectivity index (χ2n) is 7.10. The Morgan fingerprint density at radius 1 is 1.08 bits per heavy atom. The smallest absolute Gasteiger partial charge is 0.274 e. The molecule has 0 radical (unpaired) electrons. The summed E-state index contributed by atoms with van der Waals surface area (Å²) in [6, 6.07) is 0. The van der Waals surface area contributed by atoms with Gasteiger partial charge >= 0.3 is 0 Å². The van der Waals surface area contributed by atoms with Gasteiger partial charge in [-0.2, -0.15) is 0 Å². The molecule has 2 aromatic heterocycles. The zero-order chi connectivity index (χ0) is 18.5. The molecule has 0 saturated carbocycles. The third kappa shape index (κ3) is 4.53. The van der Waals surface area contributed by atoms with Gasteiger partial charge in [0.15, 0.2) is 0 Å². The van der Waals surface area contributed by atoms with E-state index in [0.29, 0.717) is 11.6 Å². The first kappa shape index (κ1) is 18.2. The van der Waals surface area contributed by atoms with Crippen molar-refractivity contribution in [2.75, 3.05) is 32.1 Å². The van der Waals surface area contributed by atoms with E-state index in [1.807, 2.05) is 43.2 Å². The number of nitrogens with zero attached hydrogens (tertiary/aromatic N) is 6. The molecule has 1 fully saturated rings. The van der Waals surface area contributed by atoms with Crippen molar-refractivity contribution in [3.05, 3.63) is 41.9 Å². The Labute approximate surface area is 154 Å². The van der Waals surface area contributed by atoms with Crippen molar-refractivity contribution in [1.82, 2.24) is 24.8 Å². The average Bonchev–Trinajstić information content (AvgIpc) is 2.88. The molecule has 1 amide bonds. The van der Waals surface area contributed by atoms with E-state index in [2.05, 4.69) is 19.9 Å². The molecular weight excluding hydrogens is 328 g/mol. The van der Waals surface area contributed by atoms with Crippen LogP contribution in [0.2, 0.25) is 0 Å². The van der Waals surface area contributed by atoms with Crippen LogP contribution in [0, 0.1) is 12.8 Å². The molecular formula is C19H26N6O. The highest BCUT2D eigenvalue weighted by Crippen LogP contribution is 2.22. The number of rotatable bonds is 4. The molecule has 138 valence electrons. The van der Waals surface area contributed by atoms with Crippen molar-refractivity contribution in [2.45, 2.75) is 32.6 Å². The molecule has 0 N–H and O–H groups in total. The highest BCUT2D eigenvalue weighted by Gasteiger charge is 2.23. The zero-order valence-corrected chi connectivity index (χ0v) is 15.7. The van der Waals surface area contributed by atoms with Crippen molar-refractivity contribution < 1.29 is 4.79 Å². The van der Waals surface area contributed by atoms with Crippen LogP contribution in [0.25, 0.3) is 0 Å². The normalized spacial score (nSPS) is 17.7. The predicted molar refractivity (Wildman–Crippen MR) is 100 cm³/mol. The van der Waals surface area contributed by atoms with Crippen molar-refractivity contribution in [3.8, 4) is 0 Å². The minimum absolute atomic E-state index is 0.0201. The van der Waals surface area contributed by atoms with Gasteiger partial charge in [0.25, 0.3) is 5.91 Å². The average molecular weight is 354 g/mol. The van der Waals surface area contributed by atoms with E-state index in [1.165, 1.54) is 0 Å². The van der Waals surface area contributed by atoms with Gasteiger partial charge in [0, 0.05) is 33.4 Å². The van der Waals surface area contributed by atoms with E-state index in [9.17, 15) is 4.79 Å². The molecule has 1 aliphatic rings. The van der Waals surface area contributed by atoms with Crippen molar-refractivity contribution in [1.29, 1.82) is 0 Å². The van der Waals surface area contributed by atoms with E-state index >= 15 is 0 Å². The van der Waals surface area contributed by atoms with E-state index in [-0.39, 0.29) is 5.91 Å². The topological polar surface area (TPSA) is 75.1 Å². The molecule has 7 heteroatoms. The largest absolute Gasteiger partial charge is 0.361 e. The lowest BCUT2D eigenvalue weighted by atomic mass is 9.95. The SMILES string of the molecule is Cc1cnc(C(=O)N2CCC[C@H](Cc3cnc(N(C)C)cn3)CC2)cn1. The Hall–Kier alpha value is -2.57. The molecule has 1 saturated heterocycles. The zero-order valence-electron chi connectivity index (χ0n) is 15.7. The second kappa shape index (κ2) is 8.21. The van der Waals surface area contributed by atoms with Crippen LogP contribution < -0.4 is 4.90 Å². The number of carbonyl (C=O) groups excluding carboxylic acids is 1. The molecule has 26 heavy (non-hydrogen) atoms. The molecule has 3 heterocycles. The number of hydrogen-bond donors (Lipinski definition) is 0. The molecule has 0 unspecified atom stereocenters. The number of likely N-dealkylation sites (tertiary alicyclic amines) is 1. The van der Waals surface area contributed by atoms with Crippen LogP contribution in [0.4, 0.5) is 5.82 Å². The van der Waals surface area contributed by atoms with Crippen LogP contribution in [0.3, 0.4) is 0 Å². The highest BCUT2D eigenvalue weighted by molar-refractivity contribution is 5.92. The number of carbonyl (C=O) groups is 1. The minimum Gasteiger partial charge on any atom is -0.361 e. The van der Waals surface area contributed by atoms with Crippen LogP contribution in [-0.2, 0) is 6.42 Å². The van der Waals surface area contributed by atoms with Gasteiger partial charge in [-0.3, -0.25) is 14.8 Å². The Morgan fingerprint density at radius 3 is 2.58 bits per heavy atom. The molecule has 2 aromatic rings. The van der Waals surface area contributed by atoms with E-state index < -0.39 is 0 Å². The first-order chi connectivity index (χ1) is 12.5. The molecule has 0 bridgehead atoms. The van der Waals surface area contributed by atoms with Gasteiger partial charge in [-0.1, -0.05) is 0 Å². The maximum atomic E-state index is 12.6. The summed E-state index contributed by atoms with van der Waals surface area (Å²) in [6.07, 6.45) is 10.9. The molecule has 7 nitrogen and oxygen atoms in total. The number of aromatic nitrogens is 4. The Bertz CT molecular complexity index is 729. The first-order valence-corrected chi connectivity index (χ1v) is 9.09. The predicted octanol–water partition coefficient (Wildman–Crippen LogP) is 2.13. The summed E-state index contributed by atoms with van der Waals surface area (Å²) in [4.78, 5) is 33.8. The molecule has 1 atom stereocenters. The maximum absolute atomic E-state index is 12.6. The molecule has 0 spiro atoms. The first-order valence-electron chi connectivity index (χ1n) is 9.09. The summed E-state index contributed by atoms with van der Waals surface area (Å²) in [7, 11) is 3.91. The fourth-order valence-corrected chi connectivity index (χ4v) is 3.22. The minimum atomic E-state index is -0.0201. The molecule has 1 aliphatic heterocycles. The van der Waals surface area contributed by atoms with Crippen molar-refractivity contribution in [2.24, 2.45) is 5.92 Å². The Kier molecular flexibility index (Phi) is 5.75. The number of hydrogen-bond acceptors (Lipinski definition) is 6. The summed E-state index contributed by atoms with van der Waals surface area (Å²) in [5.41, 5.74) is 2.27. The van der Waals surface area contributed by atoms with Gasteiger partial charge in [-0.25, -0.2) is 9.97 Å². The second-order valence-corrected chi connectivity index (χ2v) is 7.10. The molecule has 0 aromatic carbocycles. The van der Waals surface area contributed by atoms with Crippen LogP contribution in [0.5, 0.6) is 0 Å². The molecule has 3 rings (SSSR count). The van der Waals surface area contributed by atoms with Crippen LogP contribution in [0.1, 0.15) is 41.1 Å². The van der Waals surface area contributed by atoms with Crippen LogP contribution in [0.15, 0.2) is 24.8 Å². The van der Waals surface area contributed by atoms with Gasteiger partial charge in [0.1, 0.15) is 11.5 Å². The van der Waals surface area contributed by atoms with Crippen LogP contribution in [-0.4, -0.2) is 57.9 Å².